The van der Waals surface area contributed by atoms with Crippen LogP contribution < -0.4 is 5.32 Å². The Hall–Kier alpha value is -0.680. The van der Waals surface area contributed by atoms with Crippen molar-refractivity contribution in [3.05, 3.63) is 35.1 Å². The zero-order valence-electron chi connectivity index (χ0n) is 10.2. The third-order valence-electron chi connectivity index (χ3n) is 2.76. The van der Waals surface area contributed by atoms with Gasteiger partial charge in [-0.3, -0.25) is 4.79 Å². The summed E-state index contributed by atoms with van der Waals surface area (Å²) in [6, 6.07) is 2.41. The van der Waals surface area contributed by atoms with Crippen LogP contribution >= 0.6 is 27.7 Å². The molecular formula is C13H17BrN2OS. The molecule has 0 spiro atoms. The Morgan fingerprint density at radius 1 is 1.67 bits per heavy atom. The van der Waals surface area contributed by atoms with Crippen molar-refractivity contribution < 1.29 is 4.79 Å². The quantitative estimate of drug-likeness (QED) is 0.616. The number of carbonyl (C=O) groups excluding carboxylic acids is 1. The standard InChI is InChI=1S/C13H17BrN2OS/c1-2-6-18-7-5-15-13(17)12-8-10(14)9-16(12)11-3-4-11/h2,8-9,11H,1,3-7H2,(H,15,17). The molecule has 1 aliphatic rings. The Morgan fingerprint density at radius 3 is 3.11 bits per heavy atom. The van der Waals surface area contributed by atoms with Gasteiger partial charge in [-0.05, 0) is 34.8 Å². The molecule has 1 amide bonds. The van der Waals surface area contributed by atoms with E-state index in [1.165, 1.54) is 12.8 Å². The molecule has 3 nitrogen and oxygen atoms in total. The number of hydrogen-bond acceptors (Lipinski definition) is 2. The molecule has 98 valence electrons. The second-order valence-corrected chi connectivity index (χ2v) is 6.37. The lowest BCUT2D eigenvalue weighted by molar-refractivity contribution is 0.0946. The number of halogens is 1. The van der Waals surface area contributed by atoms with Gasteiger partial charge in [-0.15, -0.1) is 6.58 Å². The van der Waals surface area contributed by atoms with Gasteiger partial charge in [0.05, 0.1) is 0 Å². The molecule has 1 heterocycles. The third-order valence-corrected chi connectivity index (χ3v) is 4.15. The monoisotopic (exact) mass is 328 g/mol. The number of aromatic nitrogens is 1. The van der Waals surface area contributed by atoms with Crippen molar-refractivity contribution in [3.8, 4) is 0 Å². The molecule has 5 heteroatoms. The molecule has 1 aromatic heterocycles. The summed E-state index contributed by atoms with van der Waals surface area (Å²) in [6.45, 7) is 4.36. The minimum Gasteiger partial charge on any atom is -0.350 e. The summed E-state index contributed by atoms with van der Waals surface area (Å²) in [4.78, 5) is 12.1. The minimum atomic E-state index is 0.0202. The lowest BCUT2D eigenvalue weighted by Crippen LogP contribution is -2.27. The first-order chi connectivity index (χ1) is 8.72. The van der Waals surface area contributed by atoms with E-state index in [2.05, 4.69) is 32.4 Å². The van der Waals surface area contributed by atoms with E-state index in [9.17, 15) is 4.79 Å². The summed E-state index contributed by atoms with van der Waals surface area (Å²) in [5.74, 6) is 1.87. The minimum absolute atomic E-state index is 0.0202. The number of thioether (sulfide) groups is 1. The van der Waals surface area contributed by atoms with Gasteiger partial charge in [0.1, 0.15) is 5.69 Å². The first kappa shape index (κ1) is 13.7. The Balaban J connectivity index is 1.86. The van der Waals surface area contributed by atoms with Gasteiger partial charge in [-0.25, -0.2) is 0 Å². The Bertz CT molecular complexity index is 440. The first-order valence-electron chi connectivity index (χ1n) is 6.06. The lowest BCUT2D eigenvalue weighted by Gasteiger charge is -2.08. The summed E-state index contributed by atoms with van der Waals surface area (Å²) in [5.41, 5.74) is 0.762. The van der Waals surface area contributed by atoms with Crippen LogP contribution in [-0.4, -0.2) is 28.5 Å². The molecule has 0 unspecified atom stereocenters. The zero-order chi connectivity index (χ0) is 13.0. The van der Waals surface area contributed by atoms with Gasteiger partial charge in [-0.1, -0.05) is 6.08 Å². The lowest BCUT2D eigenvalue weighted by atomic mass is 10.4. The van der Waals surface area contributed by atoms with Crippen molar-refractivity contribution in [1.29, 1.82) is 0 Å². The van der Waals surface area contributed by atoms with Crippen molar-refractivity contribution in [2.24, 2.45) is 0 Å². The summed E-state index contributed by atoms with van der Waals surface area (Å²) < 4.78 is 3.05. The number of carbonyl (C=O) groups is 1. The molecule has 1 aliphatic carbocycles. The fraction of sp³-hybridized carbons (Fsp3) is 0.462. The molecule has 1 N–H and O–H groups in total. The highest BCUT2D eigenvalue weighted by atomic mass is 79.9. The van der Waals surface area contributed by atoms with Crippen LogP contribution in [0.25, 0.3) is 0 Å². The maximum Gasteiger partial charge on any atom is 0.267 e. The van der Waals surface area contributed by atoms with Crippen LogP contribution in [0.4, 0.5) is 0 Å². The molecule has 0 bridgehead atoms. The third kappa shape index (κ3) is 3.65. The molecule has 0 aliphatic heterocycles. The Morgan fingerprint density at radius 2 is 2.44 bits per heavy atom. The summed E-state index contributed by atoms with van der Waals surface area (Å²) in [5, 5.41) is 2.96. The molecule has 1 aromatic rings. The normalized spacial score (nSPS) is 14.5. The van der Waals surface area contributed by atoms with Crippen molar-refractivity contribution in [2.75, 3.05) is 18.1 Å². The van der Waals surface area contributed by atoms with Crippen molar-refractivity contribution >= 4 is 33.6 Å². The smallest absolute Gasteiger partial charge is 0.267 e. The Labute approximate surface area is 120 Å². The van der Waals surface area contributed by atoms with Crippen LogP contribution in [-0.2, 0) is 0 Å². The number of nitrogens with one attached hydrogen (secondary N) is 1. The second kappa shape index (κ2) is 6.48. The highest BCUT2D eigenvalue weighted by Gasteiger charge is 2.27. The maximum atomic E-state index is 12.1. The molecule has 0 saturated heterocycles. The fourth-order valence-electron chi connectivity index (χ4n) is 1.78. The predicted molar refractivity (Wildman–Crippen MR) is 80.3 cm³/mol. The largest absolute Gasteiger partial charge is 0.350 e. The zero-order valence-corrected chi connectivity index (χ0v) is 12.6. The van der Waals surface area contributed by atoms with E-state index in [1.54, 1.807) is 11.8 Å². The van der Waals surface area contributed by atoms with Gasteiger partial charge in [0.15, 0.2) is 0 Å². The second-order valence-electron chi connectivity index (χ2n) is 4.30. The van der Waals surface area contributed by atoms with E-state index >= 15 is 0 Å². The SMILES string of the molecule is C=CCSCCNC(=O)c1cc(Br)cn1C1CC1. The molecule has 1 saturated carbocycles. The van der Waals surface area contributed by atoms with Crippen molar-refractivity contribution in [1.82, 2.24) is 9.88 Å². The van der Waals surface area contributed by atoms with Gasteiger partial charge >= 0.3 is 0 Å². The van der Waals surface area contributed by atoms with Crippen LogP contribution in [0.2, 0.25) is 0 Å². The molecule has 0 aromatic carbocycles. The highest BCUT2D eigenvalue weighted by molar-refractivity contribution is 9.10. The van der Waals surface area contributed by atoms with E-state index in [-0.39, 0.29) is 5.91 Å². The van der Waals surface area contributed by atoms with E-state index in [1.807, 2.05) is 18.3 Å². The molecule has 2 rings (SSSR count). The molecule has 1 fully saturated rings. The van der Waals surface area contributed by atoms with E-state index in [0.29, 0.717) is 12.6 Å². The van der Waals surface area contributed by atoms with Crippen LogP contribution in [0.15, 0.2) is 29.4 Å². The number of amides is 1. The van der Waals surface area contributed by atoms with Crippen LogP contribution in [0, 0.1) is 0 Å². The average Bonchev–Trinajstić information content (AvgIpc) is 3.12. The summed E-state index contributed by atoms with van der Waals surface area (Å²) in [7, 11) is 0. The van der Waals surface area contributed by atoms with Crippen molar-refractivity contribution in [2.45, 2.75) is 18.9 Å². The predicted octanol–water partition coefficient (Wildman–Crippen LogP) is 3.23. The van der Waals surface area contributed by atoms with E-state index < -0.39 is 0 Å². The van der Waals surface area contributed by atoms with E-state index in [0.717, 1.165) is 21.7 Å². The van der Waals surface area contributed by atoms with Crippen LogP contribution in [0.3, 0.4) is 0 Å². The molecule has 18 heavy (non-hydrogen) atoms. The number of nitrogens with zero attached hydrogens (tertiary/aromatic N) is 1. The number of hydrogen-bond donors (Lipinski definition) is 1. The van der Waals surface area contributed by atoms with Gasteiger partial charge in [0.25, 0.3) is 5.91 Å². The topological polar surface area (TPSA) is 34.0 Å². The summed E-state index contributed by atoms with van der Waals surface area (Å²) >= 11 is 5.20. The molecule has 0 atom stereocenters. The highest BCUT2D eigenvalue weighted by Crippen LogP contribution is 2.37. The van der Waals surface area contributed by atoms with Gasteiger partial charge in [0, 0.05) is 34.8 Å². The Kier molecular flexibility index (Phi) is 4.95. The van der Waals surface area contributed by atoms with Crippen LogP contribution in [0.1, 0.15) is 29.4 Å². The summed E-state index contributed by atoms with van der Waals surface area (Å²) in [6.07, 6.45) is 6.23. The van der Waals surface area contributed by atoms with Gasteiger partial charge < -0.3 is 9.88 Å². The first-order valence-corrected chi connectivity index (χ1v) is 8.01. The number of rotatable bonds is 7. The van der Waals surface area contributed by atoms with Crippen molar-refractivity contribution in [3.63, 3.8) is 0 Å². The molecular weight excluding hydrogens is 312 g/mol. The maximum absolute atomic E-state index is 12.1. The van der Waals surface area contributed by atoms with Gasteiger partial charge in [0.2, 0.25) is 0 Å². The molecule has 0 radical (unpaired) electrons. The van der Waals surface area contributed by atoms with E-state index in [4.69, 9.17) is 0 Å². The fourth-order valence-corrected chi connectivity index (χ4v) is 2.79. The average molecular weight is 329 g/mol. The van der Waals surface area contributed by atoms with Gasteiger partial charge in [-0.2, -0.15) is 11.8 Å². The van der Waals surface area contributed by atoms with Crippen LogP contribution in [0.5, 0.6) is 0 Å².